The van der Waals surface area contributed by atoms with Crippen molar-refractivity contribution < 1.29 is 18.7 Å². The van der Waals surface area contributed by atoms with Crippen molar-refractivity contribution in [1.82, 2.24) is 10.3 Å². The number of amides is 1. The van der Waals surface area contributed by atoms with Gasteiger partial charge in [0.25, 0.3) is 0 Å². The number of aryl methyl sites for hydroxylation is 1. The number of hydrogen-bond donors (Lipinski definition) is 1. The van der Waals surface area contributed by atoms with E-state index in [4.69, 9.17) is 13.9 Å². The lowest BCUT2D eigenvalue weighted by Gasteiger charge is -2.13. The topological polar surface area (TPSA) is 73.6 Å². The van der Waals surface area contributed by atoms with Crippen LogP contribution in [0.5, 0.6) is 11.5 Å². The summed E-state index contributed by atoms with van der Waals surface area (Å²) < 4.78 is 16.9. The fourth-order valence-corrected chi connectivity index (χ4v) is 3.87. The van der Waals surface area contributed by atoms with Crippen molar-refractivity contribution in [2.75, 3.05) is 14.2 Å². The smallest absolute Gasteiger partial charge is 0.244 e. The summed E-state index contributed by atoms with van der Waals surface area (Å²) in [6, 6.07) is 15.5. The quantitative estimate of drug-likeness (QED) is 0.381. The van der Waals surface area contributed by atoms with Gasteiger partial charge in [-0.1, -0.05) is 18.2 Å². The molecule has 0 radical (unpaired) electrons. The predicted octanol–water partition coefficient (Wildman–Crippen LogP) is 5.54. The van der Waals surface area contributed by atoms with Gasteiger partial charge in [-0.3, -0.25) is 9.78 Å². The molecule has 2 heterocycles. The number of pyridine rings is 1. The Morgan fingerprint density at radius 1 is 1.12 bits per heavy atom. The molecule has 0 atom stereocenters. The van der Waals surface area contributed by atoms with Crippen LogP contribution in [0.4, 0.5) is 0 Å². The first-order chi connectivity index (χ1) is 16.0. The van der Waals surface area contributed by atoms with E-state index in [1.807, 2.05) is 62.4 Å². The Morgan fingerprint density at radius 2 is 1.91 bits per heavy atom. The summed E-state index contributed by atoms with van der Waals surface area (Å²) >= 11 is 0. The number of aromatic nitrogens is 1. The first-order valence-corrected chi connectivity index (χ1v) is 10.6. The molecule has 2 aromatic carbocycles. The van der Waals surface area contributed by atoms with E-state index in [9.17, 15) is 4.79 Å². The van der Waals surface area contributed by atoms with Crippen LogP contribution >= 0.6 is 0 Å². The third kappa shape index (κ3) is 4.60. The number of nitrogens with zero attached hydrogens (tertiary/aromatic N) is 1. The predicted molar refractivity (Wildman–Crippen MR) is 129 cm³/mol. The molecule has 0 saturated carbocycles. The Hall–Kier alpha value is -4.06. The van der Waals surface area contributed by atoms with Crippen molar-refractivity contribution in [3.63, 3.8) is 0 Å². The summed E-state index contributed by atoms with van der Waals surface area (Å²) in [5.74, 6) is 1.28. The van der Waals surface area contributed by atoms with E-state index in [-0.39, 0.29) is 5.91 Å². The van der Waals surface area contributed by atoms with Crippen molar-refractivity contribution in [1.29, 1.82) is 0 Å². The molecule has 0 fully saturated rings. The highest BCUT2D eigenvalue weighted by Gasteiger charge is 2.19. The van der Waals surface area contributed by atoms with Crippen LogP contribution in [0.15, 0.2) is 71.5 Å². The molecule has 1 amide bonds. The zero-order valence-electron chi connectivity index (χ0n) is 19.1. The molecular weight excluding hydrogens is 416 g/mol. The summed E-state index contributed by atoms with van der Waals surface area (Å²) in [6.07, 6.45) is 5.04. The van der Waals surface area contributed by atoms with Crippen LogP contribution in [0.1, 0.15) is 23.7 Å². The Balaban J connectivity index is 1.69. The van der Waals surface area contributed by atoms with Gasteiger partial charge in [-0.15, -0.1) is 0 Å². The van der Waals surface area contributed by atoms with Crippen molar-refractivity contribution >= 4 is 22.4 Å². The molecule has 4 rings (SSSR count). The largest absolute Gasteiger partial charge is 0.497 e. The number of carbonyl (C=O) groups excluding carboxylic acids is 1. The van der Waals surface area contributed by atoms with Gasteiger partial charge in [-0.25, -0.2) is 0 Å². The van der Waals surface area contributed by atoms with E-state index in [0.717, 1.165) is 50.2 Å². The molecule has 0 spiro atoms. The lowest BCUT2D eigenvalue weighted by atomic mass is 9.96. The molecule has 2 aromatic heterocycles. The standard InChI is InChI=1S/C27H26N2O4/c1-17(13-25(30)29-15-20-7-5-6-12-28-20)22-14-23-24(19-8-10-21(31-3)11-9-19)16-33-27(23)18(2)26(22)32-4/h5-14,16H,15H2,1-4H3,(H,29,30)/b17-13+. The fraction of sp³-hybridized carbons (Fsp3) is 0.185. The first-order valence-electron chi connectivity index (χ1n) is 10.6. The molecule has 33 heavy (non-hydrogen) atoms. The molecule has 0 aliphatic carbocycles. The van der Waals surface area contributed by atoms with E-state index in [1.54, 1.807) is 32.8 Å². The lowest BCUT2D eigenvalue weighted by Crippen LogP contribution is -2.21. The van der Waals surface area contributed by atoms with Crippen molar-refractivity contribution in [2.24, 2.45) is 0 Å². The second-order valence-corrected chi connectivity index (χ2v) is 7.70. The van der Waals surface area contributed by atoms with Crippen molar-refractivity contribution in [3.8, 4) is 22.6 Å². The van der Waals surface area contributed by atoms with Gasteiger partial charge in [-0.05, 0) is 55.3 Å². The molecule has 0 aliphatic heterocycles. The molecule has 168 valence electrons. The van der Waals surface area contributed by atoms with E-state index in [2.05, 4.69) is 10.3 Å². The van der Waals surface area contributed by atoms with Crippen LogP contribution in [-0.4, -0.2) is 25.1 Å². The summed E-state index contributed by atoms with van der Waals surface area (Å²) in [5, 5.41) is 3.84. The monoisotopic (exact) mass is 442 g/mol. The number of rotatable bonds is 7. The van der Waals surface area contributed by atoms with Gasteiger partial charge >= 0.3 is 0 Å². The van der Waals surface area contributed by atoms with Gasteiger partial charge in [-0.2, -0.15) is 0 Å². The fourth-order valence-electron chi connectivity index (χ4n) is 3.87. The number of hydrogen-bond acceptors (Lipinski definition) is 5. The van der Waals surface area contributed by atoms with E-state index in [1.165, 1.54) is 0 Å². The maximum atomic E-state index is 12.6. The minimum absolute atomic E-state index is 0.194. The highest BCUT2D eigenvalue weighted by Crippen LogP contribution is 2.40. The van der Waals surface area contributed by atoms with Gasteiger partial charge < -0.3 is 19.2 Å². The third-order valence-corrected chi connectivity index (χ3v) is 5.59. The minimum Gasteiger partial charge on any atom is -0.497 e. The van der Waals surface area contributed by atoms with Crippen molar-refractivity contribution in [3.05, 3.63) is 83.9 Å². The summed E-state index contributed by atoms with van der Waals surface area (Å²) in [6.45, 7) is 4.22. The summed E-state index contributed by atoms with van der Waals surface area (Å²) in [5.41, 5.74) is 6.05. The number of benzene rings is 2. The maximum absolute atomic E-state index is 12.6. The number of carbonyl (C=O) groups is 1. The number of furan rings is 1. The van der Waals surface area contributed by atoms with Crippen molar-refractivity contribution in [2.45, 2.75) is 20.4 Å². The van der Waals surface area contributed by atoms with Crippen LogP contribution in [0.25, 0.3) is 27.7 Å². The number of ether oxygens (including phenoxy) is 2. The van der Waals surface area contributed by atoms with E-state index >= 15 is 0 Å². The summed E-state index contributed by atoms with van der Waals surface area (Å²) in [4.78, 5) is 16.8. The van der Waals surface area contributed by atoms with E-state index in [0.29, 0.717) is 12.3 Å². The molecule has 0 unspecified atom stereocenters. The molecule has 1 N–H and O–H groups in total. The second-order valence-electron chi connectivity index (χ2n) is 7.70. The molecule has 4 aromatic rings. The summed E-state index contributed by atoms with van der Waals surface area (Å²) in [7, 11) is 3.27. The highest BCUT2D eigenvalue weighted by molar-refractivity contribution is 6.01. The molecule has 0 bridgehead atoms. The molecule has 6 heteroatoms. The lowest BCUT2D eigenvalue weighted by molar-refractivity contribution is -0.116. The Morgan fingerprint density at radius 3 is 2.58 bits per heavy atom. The first kappa shape index (κ1) is 22.1. The normalized spacial score (nSPS) is 11.5. The molecule has 0 aliphatic rings. The highest BCUT2D eigenvalue weighted by atomic mass is 16.5. The van der Waals surface area contributed by atoms with E-state index < -0.39 is 0 Å². The number of nitrogens with one attached hydrogen (secondary N) is 1. The average molecular weight is 443 g/mol. The van der Waals surface area contributed by atoms with Crippen LogP contribution in [0, 0.1) is 6.92 Å². The Labute approximate surface area is 192 Å². The number of allylic oxidation sites excluding steroid dienone is 1. The van der Waals surface area contributed by atoms with Gasteiger partial charge in [0, 0.05) is 34.3 Å². The van der Waals surface area contributed by atoms with Gasteiger partial charge in [0.1, 0.15) is 17.1 Å². The second kappa shape index (κ2) is 9.61. The van der Waals surface area contributed by atoms with Gasteiger partial charge in [0.2, 0.25) is 5.91 Å². The Kier molecular flexibility index (Phi) is 6.45. The van der Waals surface area contributed by atoms with Gasteiger partial charge in [0.15, 0.2) is 0 Å². The Bertz CT molecular complexity index is 1310. The molecular formula is C27H26N2O4. The van der Waals surface area contributed by atoms with Crippen LogP contribution in [0.2, 0.25) is 0 Å². The number of fused-ring (bicyclic) bond motifs is 1. The molecule has 0 saturated heterocycles. The van der Waals surface area contributed by atoms with Gasteiger partial charge in [0.05, 0.1) is 32.7 Å². The van der Waals surface area contributed by atoms with Crippen LogP contribution in [0.3, 0.4) is 0 Å². The average Bonchev–Trinajstić information content (AvgIpc) is 3.27. The van der Waals surface area contributed by atoms with Crippen LogP contribution < -0.4 is 14.8 Å². The maximum Gasteiger partial charge on any atom is 0.244 e. The SMILES string of the molecule is COc1ccc(-c2coc3c(C)c(OC)c(/C(C)=C/C(=O)NCc4ccccn4)cc23)cc1. The zero-order chi connectivity index (χ0) is 23.4. The number of methoxy groups -OCH3 is 2. The zero-order valence-corrected chi connectivity index (χ0v) is 19.1. The third-order valence-electron chi connectivity index (χ3n) is 5.59. The minimum atomic E-state index is -0.194. The molecule has 6 nitrogen and oxygen atoms in total. The van der Waals surface area contributed by atoms with Crippen LogP contribution in [-0.2, 0) is 11.3 Å².